The van der Waals surface area contributed by atoms with Crippen molar-refractivity contribution in [1.82, 2.24) is 5.32 Å². The van der Waals surface area contributed by atoms with E-state index in [-0.39, 0.29) is 30.2 Å². The molecule has 0 bridgehead atoms. The smallest absolute Gasteiger partial charge is 0.346 e. The molecular weight excluding hydrogens is 348 g/mol. The highest BCUT2D eigenvalue weighted by Gasteiger charge is 2.28. The standard InChI is InChI=1S/C16H22N2O8/c1-5-25-14-8-11(12(18(21)22)9-13(14)24-4)16(20)26-10(2)15(19)17-6-7-23-3/h8-10H,5-7H2,1-4H3,(H,17,19)/t10-/m0/s1. The highest BCUT2D eigenvalue weighted by Crippen LogP contribution is 2.35. The number of methoxy groups -OCH3 is 2. The molecule has 10 nitrogen and oxygen atoms in total. The highest BCUT2D eigenvalue weighted by molar-refractivity contribution is 5.96. The molecule has 1 rings (SSSR count). The molecule has 0 aliphatic heterocycles. The van der Waals surface area contributed by atoms with Crippen LogP contribution in [0.25, 0.3) is 0 Å². The maximum absolute atomic E-state index is 12.3. The number of amides is 1. The van der Waals surface area contributed by atoms with Gasteiger partial charge < -0.3 is 24.3 Å². The van der Waals surface area contributed by atoms with Crippen molar-refractivity contribution in [3.63, 3.8) is 0 Å². The Morgan fingerprint density at radius 1 is 1.27 bits per heavy atom. The summed E-state index contributed by atoms with van der Waals surface area (Å²) in [6.45, 7) is 3.88. The molecule has 0 radical (unpaired) electrons. The Labute approximate surface area is 150 Å². The second-order valence-electron chi connectivity index (χ2n) is 5.04. The number of hydrogen-bond donors (Lipinski definition) is 1. The summed E-state index contributed by atoms with van der Waals surface area (Å²) in [5.41, 5.74) is -0.849. The van der Waals surface area contributed by atoms with Crippen molar-refractivity contribution in [3.8, 4) is 11.5 Å². The van der Waals surface area contributed by atoms with Crippen LogP contribution in [-0.4, -0.2) is 56.9 Å². The van der Waals surface area contributed by atoms with Gasteiger partial charge in [-0.25, -0.2) is 4.79 Å². The molecule has 0 saturated carbocycles. The number of carbonyl (C=O) groups excluding carboxylic acids is 2. The van der Waals surface area contributed by atoms with Gasteiger partial charge in [0.05, 0.1) is 31.3 Å². The van der Waals surface area contributed by atoms with Crippen LogP contribution in [0.5, 0.6) is 11.5 Å². The van der Waals surface area contributed by atoms with E-state index in [1.54, 1.807) is 6.92 Å². The van der Waals surface area contributed by atoms with Crippen LogP contribution in [0.2, 0.25) is 0 Å². The second-order valence-corrected chi connectivity index (χ2v) is 5.04. The summed E-state index contributed by atoms with van der Waals surface area (Å²) >= 11 is 0. The van der Waals surface area contributed by atoms with Crippen LogP contribution in [-0.2, 0) is 14.3 Å². The number of esters is 1. The summed E-state index contributed by atoms with van der Waals surface area (Å²) in [7, 11) is 2.81. The first-order valence-electron chi connectivity index (χ1n) is 7.82. The monoisotopic (exact) mass is 370 g/mol. The van der Waals surface area contributed by atoms with E-state index in [1.807, 2.05) is 0 Å². The molecule has 0 fully saturated rings. The molecular formula is C16H22N2O8. The van der Waals surface area contributed by atoms with E-state index in [0.717, 1.165) is 6.07 Å². The van der Waals surface area contributed by atoms with Gasteiger partial charge in [0.15, 0.2) is 17.6 Å². The molecule has 10 heteroatoms. The number of nitro groups is 1. The number of nitrogens with one attached hydrogen (secondary N) is 1. The molecule has 144 valence electrons. The summed E-state index contributed by atoms with van der Waals surface area (Å²) in [4.78, 5) is 34.7. The summed E-state index contributed by atoms with van der Waals surface area (Å²) in [6, 6.07) is 2.24. The van der Waals surface area contributed by atoms with E-state index >= 15 is 0 Å². The minimum atomic E-state index is -1.14. The quantitative estimate of drug-likeness (QED) is 0.283. The van der Waals surface area contributed by atoms with Gasteiger partial charge in [-0.05, 0) is 13.8 Å². The zero-order valence-electron chi connectivity index (χ0n) is 15.1. The van der Waals surface area contributed by atoms with Crippen LogP contribution in [0.1, 0.15) is 24.2 Å². The lowest BCUT2D eigenvalue weighted by molar-refractivity contribution is -0.385. The van der Waals surface area contributed by atoms with E-state index in [0.29, 0.717) is 6.61 Å². The second kappa shape index (κ2) is 10.2. The van der Waals surface area contributed by atoms with Gasteiger partial charge in [0.25, 0.3) is 11.6 Å². The van der Waals surface area contributed by atoms with Gasteiger partial charge in [0, 0.05) is 19.7 Å². The van der Waals surface area contributed by atoms with Gasteiger partial charge >= 0.3 is 5.97 Å². The van der Waals surface area contributed by atoms with Crippen molar-refractivity contribution >= 4 is 17.6 Å². The zero-order valence-corrected chi connectivity index (χ0v) is 15.1. The molecule has 1 aromatic rings. The van der Waals surface area contributed by atoms with Crippen molar-refractivity contribution in [2.24, 2.45) is 0 Å². The van der Waals surface area contributed by atoms with Crippen molar-refractivity contribution < 1.29 is 33.5 Å². The summed E-state index contributed by atoms with van der Waals surface area (Å²) < 4.78 is 20.2. The number of rotatable bonds is 10. The van der Waals surface area contributed by atoms with Crippen molar-refractivity contribution in [2.75, 3.05) is 34.0 Å². The zero-order chi connectivity index (χ0) is 19.7. The molecule has 0 spiro atoms. The van der Waals surface area contributed by atoms with Gasteiger partial charge in [-0.1, -0.05) is 0 Å². The van der Waals surface area contributed by atoms with E-state index in [1.165, 1.54) is 27.2 Å². The summed E-state index contributed by atoms with van der Waals surface area (Å²) in [6.07, 6.45) is -1.14. The summed E-state index contributed by atoms with van der Waals surface area (Å²) in [5, 5.41) is 13.8. The van der Waals surface area contributed by atoms with E-state index in [2.05, 4.69) is 5.32 Å². The minimum absolute atomic E-state index is 0.112. The first-order valence-corrected chi connectivity index (χ1v) is 7.82. The predicted molar refractivity (Wildman–Crippen MR) is 90.6 cm³/mol. The Morgan fingerprint density at radius 3 is 2.50 bits per heavy atom. The number of hydrogen-bond acceptors (Lipinski definition) is 8. The fourth-order valence-corrected chi connectivity index (χ4v) is 1.99. The molecule has 1 aromatic carbocycles. The fourth-order valence-electron chi connectivity index (χ4n) is 1.99. The number of nitrogens with zero attached hydrogens (tertiary/aromatic N) is 1. The predicted octanol–water partition coefficient (Wildman–Crippen LogP) is 1.31. The minimum Gasteiger partial charge on any atom is -0.493 e. The fraction of sp³-hybridized carbons (Fsp3) is 0.500. The molecule has 1 N–H and O–H groups in total. The molecule has 1 amide bonds. The maximum Gasteiger partial charge on any atom is 0.346 e. The van der Waals surface area contributed by atoms with Gasteiger partial charge in [-0.3, -0.25) is 14.9 Å². The SMILES string of the molecule is CCOc1cc(C(=O)O[C@@H](C)C(=O)NCCOC)c([N+](=O)[O-])cc1OC. The van der Waals surface area contributed by atoms with Crippen LogP contribution < -0.4 is 14.8 Å². The molecule has 0 heterocycles. The summed E-state index contributed by atoms with van der Waals surface area (Å²) in [5.74, 6) is -1.29. The topological polar surface area (TPSA) is 126 Å². The number of nitro benzene ring substituents is 1. The Hall–Kier alpha value is -2.88. The van der Waals surface area contributed by atoms with Crippen LogP contribution in [0.3, 0.4) is 0 Å². The number of carbonyl (C=O) groups is 2. The number of ether oxygens (including phenoxy) is 4. The Morgan fingerprint density at radius 2 is 1.96 bits per heavy atom. The van der Waals surface area contributed by atoms with Gasteiger partial charge in [0.1, 0.15) is 5.56 Å². The van der Waals surface area contributed by atoms with E-state index in [4.69, 9.17) is 18.9 Å². The third-order valence-corrected chi connectivity index (χ3v) is 3.26. The third kappa shape index (κ3) is 5.59. The van der Waals surface area contributed by atoms with Crippen LogP contribution in [0.15, 0.2) is 12.1 Å². The molecule has 1 atom stereocenters. The molecule has 0 aliphatic rings. The number of benzene rings is 1. The molecule has 0 aromatic heterocycles. The van der Waals surface area contributed by atoms with Crippen molar-refractivity contribution in [1.29, 1.82) is 0 Å². The van der Waals surface area contributed by atoms with Crippen molar-refractivity contribution in [2.45, 2.75) is 20.0 Å². The largest absolute Gasteiger partial charge is 0.493 e. The van der Waals surface area contributed by atoms with E-state index < -0.39 is 28.6 Å². The molecule has 0 unspecified atom stereocenters. The third-order valence-electron chi connectivity index (χ3n) is 3.26. The average molecular weight is 370 g/mol. The Balaban J connectivity index is 3.04. The van der Waals surface area contributed by atoms with Crippen LogP contribution >= 0.6 is 0 Å². The Kier molecular flexibility index (Phi) is 8.29. The lowest BCUT2D eigenvalue weighted by atomic mass is 10.1. The van der Waals surface area contributed by atoms with Crippen molar-refractivity contribution in [3.05, 3.63) is 27.8 Å². The maximum atomic E-state index is 12.3. The normalized spacial score (nSPS) is 11.4. The molecule has 26 heavy (non-hydrogen) atoms. The molecule has 0 saturated heterocycles. The highest BCUT2D eigenvalue weighted by atomic mass is 16.6. The van der Waals surface area contributed by atoms with Gasteiger partial charge in [0.2, 0.25) is 0 Å². The lowest BCUT2D eigenvalue weighted by Gasteiger charge is -2.15. The lowest BCUT2D eigenvalue weighted by Crippen LogP contribution is -2.37. The van der Waals surface area contributed by atoms with Gasteiger partial charge in [-0.15, -0.1) is 0 Å². The van der Waals surface area contributed by atoms with Gasteiger partial charge in [-0.2, -0.15) is 0 Å². The van der Waals surface area contributed by atoms with Crippen LogP contribution in [0.4, 0.5) is 5.69 Å². The average Bonchev–Trinajstić information content (AvgIpc) is 2.61. The first-order chi connectivity index (χ1) is 12.3. The van der Waals surface area contributed by atoms with Crippen LogP contribution in [0, 0.1) is 10.1 Å². The van der Waals surface area contributed by atoms with E-state index in [9.17, 15) is 19.7 Å². The molecule has 0 aliphatic carbocycles. The first kappa shape index (κ1) is 21.2. The Bertz CT molecular complexity index is 662.